The van der Waals surface area contributed by atoms with Gasteiger partial charge in [0.2, 0.25) is 0 Å². The minimum absolute atomic E-state index is 0.699. The fourth-order valence-electron chi connectivity index (χ4n) is 2.42. The average Bonchev–Trinajstić information content (AvgIpc) is 2.45. The molecule has 0 saturated carbocycles. The van der Waals surface area contributed by atoms with Crippen LogP contribution >= 0.6 is 0 Å². The number of hydrogen-bond acceptors (Lipinski definition) is 3. The Bertz CT molecular complexity index is 197. The van der Waals surface area contributed by atoms with Gasteiger partial charge in [-0.25, -0.2) is 0 Å². The lowest BCUT2D eigenvalue weighted by molar-refractivity contribution is -0.107. The first-order valence-electron chi connectivity index (χ1n) is 8.68. The van der Waals surface area contributed by atoms with E-state index in [0.717, 1.165) is 51.5 Å². The van der Waals surface area contributed by atoms with Gasteiger partial charge in [0.05, 0.1) is 0 Å². The van der Waals surface area contributed by atoms with Gasteiger partial charge in [0.25, 0.3) is 0 Å². The van der Waals surface area contributed by atoms with Crippen molar-refractivity contribution in [2.24, 2.45) is 0 Å². The Hall–Kier alpha value is -0.410. The highest BCUT2D eigenvalue weighted by atomic mass is 16.5. The number of nitrogens with zero attached hydrogens (tertiary/aromatic N) is 1. The van der Waals surface area contributed by atoms with E-state index in [1.807, 2.05) is 0 Å². The summed E-state index contributed by atoms with van der Waals surface area (Å²) in [4.78, 5) is 10.1. The minimum atomic E-state index is 0.699. The van der Waals surface area contributed by atoms with E-state index in [9.17, 15) is 10.0 Å². The summed E-state index contributed by atoms with van der Waals surface area (Å²) in [6.07, 6.45) is 16.3. The van der Waals surface area contributed by atoms with Crippen molar-refractivity contribution in [2.45, 2.75) is 90.4 Å². The van der Waals surface area contributed by atoms with E-state index in [-0.39, 0.29) is 0 Å². The van der Waals surface area contributed by atoms with Gasteiger partial charge < -0.3 is 10.0 Å². The number of unbranched alkanes of at least 4 members (excludes halogenated alkanes) is 11. The summed E-state index contributed by atoms with van der Waals surface area (Å²) in [6.45, 7) is 3.86. The predicted molar refractivity (Wildman–Crippen MR) is 85.1 cm³/mol. The molecule has 0 aromatic rings. The van der Waals surface area contributed by atoms with Gasteiger partial charge in [0.1, 0.15) is 6.29 Å². The van der Waals surface area contributed by atoms with Gasteiger partial charge in [0, 0.05) is 19.5 Å². The fraction of sp³-hybridized carbons (Fsp3) is 0.941. The molecular formula is C17H35NO2. The quantitative estimate of drug-likeness (QED) is 0.247. The maximum Gasteiger partial charge on any atom is 0.119 e. The van der Waals surface area contributed by atoms with Crippen LogP contribution in [0.3, 0.4) is 0 Å². The minimum Gasteiger partial charge on any atom is -0.314 e. The van der Waals surface area contributed by atoms with E-state index in [2.05, 4.69) is 6.92 Å². The molecule has 0 rings (SSSR count). The normalized spacial score (nSPS) is 11.2. The van der Waals surface area contributed by atoms with Crippen molar-refractivity contribution < 1.29 is 10.0 Å². The number of carbonyl (C=O) groups is 1. The largest absolute Gasteiger partial charge is 0.314 e. The molecule has 20 heavy (non-hydrogen) atoms. The molecule has 0 atom stereocenters. The van der Waals surface area contributed by atoms with Crippen LogP contribution < -0.4 is 0 Å². The van der Waals surface area contributed by atoms with Gasteiger partial charge in [-0.2, -0.15) is 5.06 Å². The topological polar surface area (TPSA) is 40.5 Å². The summed E-state index contributed by atoms with van der Waals surface area (Å²) < 4.78 is 0. The van der Waals surface area contributed by atoms with E-state index in [1.165, 1.54) is 50.0 Å². The first-order valence-corrected chi connectivity index (χ1v) is 8.68. The molecule has 3 heteroatoms. The fourth-order valence-corrected chi connectivity index (χ4v) is 2.42. The van der Waals surface area contributed by atoms with Crippen LogP contribution in [-0.2, 0) is 4.79 Å². The molecule has 0 saturated heterocycles. The molecule has 0 aromatic carbocycles. The summed E-state index contributed by atoms with van der Waals surface area (Å²) in [7, 11) is 0. The van der Waals surface area contributed by atoms with Crippen molar-refractivity contribution in [2.75, 3.05) is 13.1 Å². The Morgan fingerprint density at radius 3 is 1.70 bits per heavy atom. The Kier molecular flexibility index (Phi) is 16.3. The summed E-state index contributed by atoms with van der Waals surface area (Å²) in [5, 5.41) is 11.2. The van der Waals surface area contributed by atoms with Crippen LogP contribution in [0.25, 0.3) is 0 Å². The zero-order valence-electron chi connectivity index (χ0n) is 13.5. The summed E-state index contributed by atoms with van der Waals surface area (Å²) in [5.74, 6) is 0. The number of hydrogen-bond donors (Lipinski definition) is 1. The van der Waals surface area contributed by atoms with Gasteiger partial charge in [-0.1, -0.05) is 64.7 Å². The van der Waals surface area contributed by atoms with Crippen molar-refractivity contribution in [3.05, 3.63) is 0 Å². The second-order valence-corrected chi connectivity index (χ2v) is 5.80. The number of hydroxylamine groups is 2. The third kappa shape index (κ3) is 15.6. The number of carbonyl (C=O) groups excluding carboxylic acids is 1. The molecular weight excluding hydrogens is 250 g/mol. The molecule has 0 bridgehead atoms. The standard InChI is InChI=1S/C17H35NO2/c1-2-3-4-5-6-9-12-15-18(20)16-13-10-7-8-11-14-17-19/h17,20H,2-16H2,1H3. The molecule has 0 amide bonds. The predicted octanol–water partition coefficient (Wildman–Crippen LogP) is 4.97. The lowest BCUT2D eigenvalue weighted by Gasteiger charge is -2.14. The van der Waals surface area contributed by atoms with Crippen molar-refractivity contribution >= 4 is 6.29 Å². The Morgan fingerprint density at radius 1 is 0.750 bits per heavy atom. The average molecular weight is 285 g/mol. The lowest BCUT2D eigenvalue weighted by atomic mass is 10.1. The molecule has 0 heterocycles. The van der Waals surface area contributed by atoms with Gasteiger partial charge in [-0.3, -0.25) is 0 Å². The summed E-state index contributed by atoms with van der Waals surface area (Å²) >= 11 is 0. The van der Waals surface area contributed by atoms with Crippen LogP contribution in [0.1, 0.15) is 90.4 Å². The molecule has 0 aliphatic carbocycles. The maximum absolute atomic E-state index is 10.1. The van der Waals surface area contributed by atoms with E-state index >= 15 is 0 Å². The van der Waals surface area contributed by atoms with Crippen LogP contribution in [0, 0.1) is 0 Å². The lowest BCUT2D eigenvalue weighted by Crippen LogP contribution is -2.21. The van der Waals surface area contributed by atoms with E-state index in [1.54, 1.807) is 0 Å². The summed E-state index contributed by atoms with van der Waals surface area (Å²) in [5.41, 5.74) is 0. The molecule has 0 aromatic heterocycles. The van der Waals surface area contributed by atoms with E-state index in [4.69, 9.17) is 0 Å². The zero-order valence-corrected chi connectivity index (χ0v) is 13.5. The SMILES string of the molecule is CCCCCCCCCN(O)CCCCCCCC=O. The molecule has 3 nitrogen and oxygen atoms in total. The van der Waals surface area contributed by atoms with E-state index in [0.29, 0.717) is 6.42 Å². The Balaban J connectivity index is 3.12. The smallest absolute Gasteiger partial charge is 0.119 e. The van der Waals surface area contributed by atoms with Crippen molar-refractivity contribution in [3.63, 3.8) is 0 Å². The molecule has 0 aliphatic rings. The monoisotopic (exact) mass is 285 g/mol. The Labute approximate surface area is 125 Å². The van der Waals surface area contributed by atoms with Gasteiger partial charge in [-0.05, 0) is 19.3 Å². The zero-order chi connectivity index (χ0) is 14.9. The van der Waals surface area contributed by atoms with E-state index < -0.39 is 0 Å². The molecule has 1 N–H and O–H groups in total. The van der Waals surface area contributed by atoms with Crippen molar-refractivity contribution in [3.8, 4) is 0 Å². The molecule has 0 fully saturated rings. The first-order chi connectivity index (χ1) is 9.81. The van der Waals surface area contributed by atoms with Crippen LogP contribution in [0.15, 0.2) is 0 Å². The van der Waals surface area contributed by atoms with Crippen LogP contribution in [0.2, 0.25) is 0 Å². The maximum atomic E-state index is 10.1. The van der Waals surface area contributed by atoms with Crippen molar-refractivity contribution in [1.82, 2.24) is 5.06 Å². The molecule has 0 unspecified atom stereocenters. The molecule has 0 radical (unpaired) electrons. The molecule has 120 valence electrons. The Morgan fingerprint density at radius 2 is 1.20 bits per heavy atom. The highest BCUT2D eigenvalue weighted by Crippen LogP contribution is 2.08. The second-order valence-electron chi connectivity index (χ2n) is 5.80. The third-order valence-corrected chi connectivity index (χ3v) is 3.76. The van der Waals surface area contributed by atoms with Gasteiger partial charge in [0.15, 0.2) is 0 Å². The van der Waals surface area contributed by atoms with Crippen LogP contribution in [-0.4, -0.2) is 29.6 Å². The first kappa shape index (κ1) is 19.6. The highest BCUT2D eigenvalue weighted by Gasteiger charge is 2.00. The molecule has 0 aliphatic heterocycles. The second kappa shape index (κ2) is 16.6. The number of aldehydes is 1. The molecule has 0 spiro atoms. The van der Waals surface area contributed by atoms with Gasteiger partial charge >= 0.3 is 0 Å². The highest BCUT2D eigenvalue weighted by molar-refractivity contribution is 5.48. The van der Waals surface area contributed by atoms with Gasteiger partial charge in [-0.15, -0.1) is 0 Å². The van der Waals surface area contributed by atoms with Crippen LogP contribution in [0.5, 0.6) is 0 Å². The number of rotatable bonds is 16. The summed E-state index contributed by atoms with van der Waals surface area (Å²) in [6, 6.07) is 0. The van der Waals surface area contributed by atoms with Crippen molar-refractivity contribution in [1.29, 1.82) is 0 Å². The third-order valence-electron chi connectivity index (χ3n) is 3.76. The van der Waals surface area contributed by atoms with Crippen LogP contribution in [0.4, 0.5) is 0 Å².